The zero-order valence-corrected chi connectivity index (χ0v) is 16.0. The van der Waals surface area contributed by atoms with Crippen LogP contribution in [0.25, 0.3) is 0 Å². The average Bonchev–Trinajstić information content (AvgIpc) is 2.78. The van der Waals surface area contributed by atoms with Gasteiger partial charge in [-0.05, 0) is 46.2 Å². The first kappa shape index (κ1) is 16.9. The molecule has 1 aromatic carbocycles. The summed E-state index contributed by atoms with van der Waals surface area (Å²) in [7, 11) is 0. The van der Waals surface area contributed by atoms with Crippen molar-refractivity contribution in [3.05, 3.63) is 41.5 Å². The Morgan fingerprint density at radius 2 is 2.00 bits per heavy atom. The molecule has 0 N–H and O–H groups in total. The van der Waals surface area contributed by atoms with Gasteiger partial charge >= 0.3 is 0 Å². The molecule has 6 rings (SSSR count). The van der Waals surface area contributed by atoms with E-state index in [1.807, 2.05) is 45.9 Å². The van der Waals surface area contributed by atoms with Crippen molar-refractivity contribution >= 4 is 17.3 Å². The number of ether oxygens (including phenoxy) is 2. The van der Waals surface area contributed by atoms with Crippen molar-refractivity contribution in [2.24, 2.45) is 10.9 Å². The Labute approximate surface area is 158 Å². The van der Waals surface area contributed by atoms with Crippen LogP contribution >= 0.6 is 0 Å². The fourth-order valence-corrected chi connectivity index (χ4v) is 5.48. The van der Waals surface area contributed by atoms with Gasteiger partial charge in [0.05, 0.1) is 11.2 Å². The van der Waals surface area contributed by atoms with Crippen molar-refractivity contribution in [3.63, 3.8) is 0 Å². The van der Waals surface area contributed by atoms with Crippen LogP contribution in [0.5, 0.6) is 5.75 Å². The number of ketones is 2. The molecule has 1 saturated carbocycles. The third kappa shape index (κ3) is 1.81. The zero-order valence-electron chi connectivity index (χ0n) is 16.0. The molecule has 4 bridgehead atoms. The van der Waals surface area contributed by atoms with Gasteiger partial charge in [-0.15, -0.1) is 0 Å². The number of fused-ring (bicyclic) bond motifs is 1. The smallest absolute Gasteiger partial charge is 0.214 e. The summed E-state index contributed by atoms with van der Waals surface area (Å²) in [6.07, 6.45) is 2.96. The third-order valence-electron chi connectivity index (χ3n) is 6.58. The number of Topliss-reactive ketones (excluding diaryl/α,β-unsaturated/α-hetero) is 2. The SMILES string of the molecule is CC(C)=CCC12OC(C)(C)C3CC(N=C4C(=O)c5ccccc5OC431)C2=O. The summed E-state index contributed by atoms with van der Waals surface area (Å²) in [4.78, 5) is 31.4. The summed E-state index contributed by atoms with van der Waals surface area (Å²) in [5.74, 6) is 0.213. The molecule has 4 unspecified atom stereocenters. The van der Waals surface area contributed by atoms with E-state index in [-0.39, 0.29) is 17.5 Å². The van der Waals surface area contributed by atoms with Crippen LogP contribution in [0.15, 0.2) is 40.9 Å². The molecule has 140 valence electrons. The molecule has 1 spiro atoms. The number of hydrogen-bond donors (Lipinski definition) is 0. The van der Waals surface area contributed by atoms with E-state index in [1.165, 1.54) is 0 Å². The van der Waals surface area contributed by atoms with Crippen molar-refractivity contribution in [1.82, 2.24) is 0 Å². The maximum atomic E-state index is 13.5. The maximum Gasteiger partial charge on any atom is 0.214 e. The lowest BCUT2D eigenvalue weighted by molar-refractivity contribution is -0.165. The highest BCUT2D eigenvalue weighted by molar-refractivity contribution is 6.52. The third-order valence-corrected chi connectivity index (χ3v) is 6.58. The molecule has 5 aliphatic rings. The summed E-state index contributed by atoms with van der Waals surface area (Å²) in [6, 6.07) is 6.69. The average molecular weight is 365 g/mol. The van der Waals surface area contributed by atoms with Crippen LogP contribution < -0.4 is 4.74 Å². The number of para-hydroxylation sites is 1. The Morgan fingerprint density at radius 1 is 1.26 bits per heavy atom. The number of aliphatic imine (C=N–C) groups is 1. The Bertz CT molecular complexity index is 955. The van der Waals surface area contributed by atoms with Gasteiger partial charge in [-0.25, -0.2) is 0 Å². The van der Waals surface area contributed by atoms with Gasteiger partial charge in [0.15, 0.2) is 17.0 Å². The molecule has 1 aromatic rings. The van der Waals surface area contributed by atoms with E-state index in [0.717, 1.165) is 5.57 Å². The molecule has 0 radical (unpaired) electrons. The predicted molar refractivity (Wildman–Crippen MR) is 100 cm³/mol. The van der Waals surface area contributed by atoms with Crippen molar-refractivity contribution in [1.29, 1.82) is 0 Å². The lowest BCUT2D eigenvalue weighted by atomic mass is 9.55. The van der Waals surface area contributed by atoms with Gasteiger partial charge in [0.2, 0.25) is 5.78 Å². The number of nitrogens with zero attached hydrogens (tertiary/aromatic N) is 1. The molecule has 5 nitrogen and oxygen atoms in total. The van der Waals surface area contributed by atoms with Gasteiger partial charge in [0, 0.05) is 12.3 Å². The Kier molecular flexibility index (Phi) is 3.10. The fourth-order valence-electron chi connectivity index (χ4n) is 5.48. The molecule has 4 atom stereocenters. The Balaban J connectivity index is 1.81. The van der Waals surface area contributed by atoms with Crippen LogP contribution in [0.3, 0.4) is 0 Å². The highest BCUT2D eigenvalue weighted by atomic mass is 16.6. The molecular formula is C22H23NO4. The van der Waals surface area contributed by atoms with E-state index >= 15 is 0 Å². The van der Waals surface area contributed by atoms with E-state index in [4.69, 9.17) is 9.47 Å². The lowest BCUT2D eigenvalue weighted by Gasteiger charge is -2.54. The summed E-state index contributed by atoms with van der Waals surface area (Å²) >= 11 is 0. The first-order valence-corrected chi connectivity index (χ1v) is 9.52. The monoisotopic (exact) mass is 365 g/mol. The highest BCUT2D eigenvalue weighted by Crippen LogP contribution is 2.63. The number of rotatable bonds is 2. The van der Waals surface area contributed by atoms with Crippen LogP contribution in [0.4, 0.5) is 0 Å². The lowest BCUT2D eigenvalue weighted by Crippen LogP contribution is -2.76. The minimum atomic E-state index is -1.21. The van der Waals surface area contributed by atoms with Gasteiger partial charge in [0.25, 0.3) is 0 Å². The number of benzene rings is 1. The van der Waals surface area contributed by atoms with Gasteiger partial charge in [-0.3, -0.25) is 14.6 Å². The molecule has 0 amide bonds. The molecule has 4 heterocycles. The van der Waals surface area contributed by atoms with Gasteiger partial charge < -0.3 is 9.47 Å². The minimum absolute atomic E-state index is 0.0576. The molecule has 4 aliphatic heterocycles. The summed E-state index contributed by atoms with van der Waals surface area (Å²) in [5, 5.41) is 0. The van der Waals surface area contributed by atoms with E-state index in [0.29, 0.717) is 29.9 Å². The fraction of sp³-hybridized carbons (Fsp3) is 0.500. The van der Waals surface area contributed by atoms with Crippen molar-refractivity contribution in [2.45, 2.75) is 63.4 Å². The molecule has 1 saturated heterocycles. The van der Waals surface area contributed by atoms with Crippen molar-refractivity contribution in [3.8, 4) is 5.75 Å². The van der Waals surface area contributed by atoms with Gasteiger partial charge in [-0.1, -0.05) is 23.8 Å². The molecule has 27 heavy (non-hydrogen) atoms. The number of carbonyl (C=O) groups excluding carboxylic acids is 2. The first-order valence-electron chi connectivity index (χ1n) is 9.52. The Morgan fingerprint density at radius 3 is 2.74 bits per heavy atom. The zero-order chi connectivity index (χ0) is 19.2. The topological polar surface area (TPSA) is 65.0 Å². The predicted octanol–water partition coefficient (Wildman–Crippen LogP) is 3.32. The summed E-state index contributed by atoms with van der Waals surface area (Å²) in [5.41, 5.74) is -0.971. The molecule has 1 aliphatic carbocycles. The summed E-state index contributed by atoms with van der Waals surface area (Å²) in [6.45, 7) is 7.98. The number of hydrogen-bond acceptors (Lipinski definition) is 5. The van der Waals surface area contributed by atoms with E-state index in [1.54, 1.807) is 12.1 Å². The van der Waals surface area contributed by atoms with E-state index < -0.39 is 22.8 Å². The molecule has 2 fully saturated rings. The minimum Gasteiger partial charge on any atom is -0.476 e. The number of allylic oxidation sites excluding steroid dienone is 1. The molecular weight excluding hydrogens is 342 g/mol. The molecule has 0 aromatic heterocycles. The van der Waals surface area contributed by atoms with E-state index in [2.05, 4.69) is 4.99 Å². The first-order chi connectivity index (χ1) is 12.7. The van der Waals surface area contributed by atoms with Crippen LogP contribution in [0.1, 0.15) is 50.9 Å². The second-order valence-electron chi connectivity index (χ2n) is 8.83. The summed E-state index contributed by atoms with van der Waals surface area (Å²) < 4.78 is 13.1. The molecule has 5 heteroatoms. The Hall–Kier alpha value is -2.27. The van der Waals surface area contributed by atoms with Crippen molar-refractivity contribution < 1.29 is 19.1 Å². The van der Waals surface area contributed by atoms with Crippen LogP contribution in [0, 0.1) is 5.92 Å². The largest absolute Gasteiger partial charge is 0.476 e. The standard InChI is InChI=1S/C22H23NO4/c1-12(2)9-10-21-19(25)14-11-16(20(3,4)27-21)22(21)18(23-14)17(24)13-7-5-6-8-15(13)26-22/h5-9,14,16H,10-11H2,1-4H3. The maximum absolute atomic E-state index is 13.5. The normalized spacial score (nSPS) is 37.3. The van der Waals surface area contributed by atoms with Crippen LogP contribution in [-0.2, 0) is 9.53 Å². The van der Waals surface area contributed by atoms with Gasteiger partial charge in [-0.2, -0.15) is 0 Å². The second-order valence-corrected chi connectivity index (χ2v) is 8.83. The van der Waals surface area contributed by atoms with Crippen LogP contribution in [-0.4, -0.2) is 40.1 Å². The van der Waals surface area contributed by atoms with E-state index in [9.17, 15) is 9.59 Å². The van der Waals surface area contributed by atoms with Gasteiger partial charge in [0.1, 0.15) is 17.5 Å². The highest BCUT2D eigenvalue weighted by Gasteiger charge is 2.82. The van der Waals surface area contributed by atoms with Crippen LogP contribution in [0.2, 0.25) is 0 Å². The van der Waals surface area contributed by atoms with Crippen molar-refractivity contribution in [2.75, 3.05) is 0 Å². The quantitative estimate of drug-likeness (QED) is 0.754. The second kappa shape index (κ2) is 4.96. The number of carbonyl (C=O) groups is 2.